The summed E-state index contributed by atoms with van der Waals surface area (Å²) in [5.74, 6) is -2.20. The number of likely N-dealkylation sites (tertiary alicyclic amines) is 1. The van der Waals surface area contributed by atoms with Crippen molar-refractivity contribution in [2.24, 2.45) is 23.5 Å². The van der Waals surface area contributed by atoms with Gasteiger partial charge in [-0.1, -0.05) is 26.0 Å². The Hall–Kier alpha value is -3.27. The first-order valence-electron chi connectivity index (χ1n) is 10.5. The molecule has 4 rings (SSSR count). The van der Waals surface area contributed by atoms with Gasteiger partial charge in [0, 0.05) is 17.1 Å². The third-order valence-corrected chi connectivity index (χ3v) is 6.59. The van der Waals surface area contributed by atoms with Crippen molar-refractivity contribution in [1.82, 2.24) is 14.9 Å². The molecule has 32 heavy (non-hydrogen) atoms. The summed E-state index contributed by atoms with van der Waals surface area (Å²) in [4.78, 5) is 58.9. The van der Waals surface area contributed by atoms with Gasteiger partial charge in [-0.15, -0.1) is 11.3 Å². The fourth-order valence-electron chi connectivity index (χ4n) is 4.25. The number of thiazole rings is 1. The number of nitrogens with one attached hydrogen (secondary N) is 2. The predicted molar refractivity (Wildman–Crippen MR) is 119 cm³/mol. The van der Waals surface area contributed by atoms with E-state index in [4.69, 9.17) is 5.73 Å². The zero-order valence-corrected chi connectivity index (χ0v) is 18.6. The van der Waals surface area contributed by atoms with Crippen LogP contribution in [0.5, 0.6) is 0 Å². The molecule has 2 aliphatic rings. The minimum Gasteiger partial charge on any atom is -0.364 e. The van der Waals surface area contributed by atoms with E-state index in [0.29, 0.717) is 35.7 Å². The lowest BCUT2D eigenvalue weighted by molar-refractivity contribution is -0.147. The fraction of sp³-hybridized carbons (Fsp3) is 0.409. The van der Waals surface area contributed by atoms with Gasteiger partial charge >= 0.3 is 0 Å². The van der Waals surface area contributed by atoms with Crippen molar-refractivity contribution in [3.63, 3.8) is 0 Å². The molecule has 3 atom stereocenters. The fourth-order valence-corrected chi connectivity index (χ4v) is 4.97. The number of aromatic amines is 1. The van der Waals surface area contributed by atoms with E-state index in [2.05, 4.69) is 15.3 Å². The molecule has 0 bridgehead atoms. The third kappa shape index (κ3) is 4.10. The van der Waals surface area contributed by atoms with Gasteiger partial charge in [0.05, 0.1) is 17.5 Å². The number of imide groups is 1. The van der Waals surface area contributed by atoms with E-state index in [1.807, 2.05) is 26.0 Å². The third-order valence-electron chi connectivity index (χ3n) is 5.83. The number of anilines is 1. The van der Waals surface area contributed by atoms with Gasteiger partial charge in [-0.3, -0.25) is 24.1 Å². The van der Waals surface area contributed by atoms with Crippen LogP contribution in [0.15, 0.2) is 29.8 Å². The van der Waals surface area contributed by atoms with Gasteiger partial charge in [0.25, 0.3) is 5.91 Å². The monoisotopic (exact) mass is 455 g/mol. The Morgan fingerprint density at radius 2 is 1.91 bits per heavy atom. The number of carbonyl (C=O) groups is 4. The Kier molecular flexibility index (Phi) is 5.96. The van der Waals surface area contributed by atoms with E-state index >= 15 is 0 Å². The first-order chi connectivity index (χ1) is 15.3. The zero-order valence-electron chi connectivity index (χ0n) is 17.8. The van der Waals surface area contributed by atoms with Crippen molar-refractivity contribution in [3.8, 4) is 11.3 Å². The molecule has 4 amide bonds. The van der Waals surface area contributed by atoms with Crippen LogP contribution in [-0.2, 0) is 14.4 Å². The normalized spacial score (nSPS) is 21.2. The average Bonchev–Trinajstić information content (AvgIpc) is 3.46. The van der Waals surface area contributed by atoms with Gasteiger partial charge in [-0.25, -0.2) is 4.98 Å². The smallest absolute Gasteiger partial charge is 0.265 e. The summed E-state index contributed by atoms with van der Waals surface area (Å²) >= 11 is 1.22. The van der Waals surface area contributed by atoms with Crippen molar-refractivity contribution in [1.29, 1.82) is 0 Å². The van der Waals surface area contributed by atoms with Crippen molar-refractivity contribution in [2.75, 3.05) is 5.32 Å². The summed E-state index contributed by atoms with van der Waals surface area (Å²) in [5, 5.41) is 4.86. The first-order valence-corrected chi connectivity index (χ1v) is 11.4. The molecular weight excluding hydrogens is 430 g/mol. The molecule has 1 fully saturated rings. The second-order valence-electron chi connectivity index (χ2n) is 8.54. The van der Waals surface area contributed by atoms with E-state index in [1.165, 1.54) is 16.2 Å². The highest BCUT2D eigenvalue weighted by molar-refractivity contribution is 7.14. The number of hydrogen-bond donors (Lipinski definition) is 3. The van der Waals surface area contributed by atoms with Crippen LogP contribution in [0.1, 0.15) is 43.6 Å². The maximum Gasteiger partial charge on any atom is 0.265 e. The molecule has 0 saturated carbocycles. The molecule has 4 N–H and O–H groups in total. The Labute approximate surface area is 189 Å². The molecule has 10 heteroatoms. The van der Waals surface area contributed by atoms with Gasteiger partial charge < -0.3 is 16.0 Å². The largest absolute Gasteiger partial charge is 0.364 e. The van der Waals surface area contributed by atoms with Crippen molar-refractivity contribution in [3.05, 3.63) is 35.5 Å². The number of allylic oxidation sites excluding steroid dienone is 2. The molecule has 0 aromatic carbocycles. The van der Waals surface area contributed by atoms with E-state index in [-0.39, 0.29) is 35.3 Å². The van der Waals surface area contributed by atoms with Crippen LogP contribution < -0.4 is 11.1 Å². The molecule has 2 aromatic heterocycles. The average molecular weight is 456 g/mol. The van der Waals surface area contributed by atoms with Gasteiger partial charge in [0.2, 0.25) is 17.7 Å². The molecule has 168 valence electrons. The molecule has 0 spiro atoms. The SMILES string of the molecule is CC(C)C[C@H](C(=O)Nc1nc(-c2c[nH]c(C(N)=O)c2)cs1)N1C(=O)[C@H]2CC=CC[C@H]2C1=O. The molecular formula is C22H25N5O4S. The topological polar surface area (TPSA) is 138 Å². The number of hydrogen-bond acceptors (Lipinski definition) is 6. The van der Waals surface area contributed by atoms with Gasteiger partial charge in [0.1, 0.15) is 11.7 Å². The predicted octanol–water partition coefficient (Wildman–Crippen LogP) is 2.54. The maximum absolute atomic E-state index is 13.2. The molecule has 9 nitrogen and oxygen atoms in total. The van der Waals surface area contributed by atoms with Gasteiger partial charge in [-0.2, -0.15) is 0 Å². The summed E-state index contributed by atoms with van der Waals surface area (Å²) in [5.41, 5.74) is 6.76. The number of carbonyl (C=O) groups excluding carboxylic acids is 4. The number of nitrogens with two attached hydrogens (primary N) is 1. The maximum atomic E-state index is 13.2. The van der Waals surface area contributed by atoms with Crippen LogP contribution >= 0.6 is 11.3 Å². The van der Waals surface area contributed by atoms with E-state index in [1.54, 1.807) is 17.6 Å². The summed E-state index contributed by atoms with van der Waals surface area (Å²) in [6, 6.07) is 0.698. The molecule has 0 radical (unpaired) electrons. The highest BCUT2D eigenvalue weighted by Gasteiger charge is 2.51. The minimum atomic E-state index is -0.887. The molecule has 0 unspecified atom stereocenters. The van der Waals surface area contributed by atoms with Gasteiger partial charge in [0.15, 0.2) is 5.13 Å². The van der Waals surface area contributed by atoms with Crippen LogP contribution in [0.4, 0.5) is 5.13 Å². The minimum absolute atomic E-state index is 0.103. The van der Waals surface area contributed by atoms with Crippen LogP contribution in [0.2, 0.25) is 0 Å². The standard InChI is InChI=1S/C22H25N5O4S/c1-11(2)7-17(27-20(30)13-5-3-4-6-14(13)21(27)31)19(29)26-22-25-16(10-32-22)12-8-15(18(23)28)24-9-12/h3-4,8-11,13-14,17,24H,5-7H2,1-2H3,(H2,23,28)(H,25,26,29)/t13-,14+,17-/m1/s1. The Bertz CT molecular complexity index is 1080. The number of rotatable bonds is 7. The lowest BCUT2D eigenvalue weighted by atomic mass is 9.85. The number of H-pyrrole nitrogens is 1. The quantitative estimate of drug-likeness (QED) is 0.435. The lowest BCUT2D eigenvalue weighted by Gasteiger charge is -2.27. The molecule has 3 heterocycles. The molecule has 1 aliphatic heterocycles. The van der Waals surface area contributed by atoms with Crippen LogP contribution in [0, 0.1) is 17.8 Å². The van der Waals surface area contributed by atoms with E-state index in [0.717, 1.165) is 0 Å². The first kappa shape index (κ1) is 21.9. The zero-order chi connectivity index (χ0) is 23.0. The summed E-state index contributed by atoms with van der Waals surface area (Å²) in [6.45, 7) is 3.90. The summed E-state index contributed by atoms with van der Waals surface area (Å²) in [7, 11) is 0. The van der Waals surface area contributed by atoms with Gasteiger partial charge in [-0.05, 0) is 31.2 Å². The number of aromatic nitrogens is 2. The Morgan fingerprint density at radius 3 is 2.47 bits per heavy atom. The second-order valence-corrected chi connectivity index (χ2v) is 9.40. The second kappa shape index (κ2) is 8.70. The highest BCUT2D eigenvalue weighted by Crippen LogP contribution is 2.37. The molecule has 1 aliphatic carbocycles. The Balaban J connectivity index is 1.53. The lowest BCUT2D eigenvalue weighted by Crippen LogP contribution is -2.48. The van der Waals surface area contributed by atoms with Crippen LogP contribution in [0.25, 0.3) is 11.3 Å². The number of nitrogens with zero attached hydrogens (tertiary/aromatic N) is 2. The van der Waals surface area contributed by atoms with E-state index < -0.39 is 17.9 Å². The number of amides is 4. The van der Waals surface area contributed by atoms with Crippen molar-refractivity contribution in [2.45, 2.75) is 39.2 Å². The number of primary amides is 1. The summed E-state index contributed by atoms with van der Waals surface area (Å²) < 4.78 is 0. The Morgan fingerprint density at radius 1 is 1.25 bits per heavy atom. The van der Waals surface area contributed by atoms with Crippen LogP contribution in [-0.4, -0.2) is 44.5 Å². The van der Waals surface area contributed by atoms with Crippen molar-refractivity contribution >= 4 is 40.1 Å². The van der Waals surface area contributed by atoms with E-state index in [9.17, 15) is 19.2 Å². The summed E-state index contributed by atoms with van der Waals surface area (Å²) in [6.07, 6.45) is 6.89. The molecule has 2 aromatic rings. The highest BCUT2D eigenvalue weighted by atomic mass is 32.1. The van der Waals surface area contributed by atoms with Crippen molar-refractivity contribution < 1.29 is 19.2 Å². The molecule has 1 saturated heterocycles. The van der Waals surface area contributed by atoms with Crippen LogP contribution in [0.3, 0.4) is 0 Å². The number of fused-ring (bicyclic) bond motifs is 1.